The Kier molecular flexibility index (Phi) is 7.95. The molecule has 48 heavy (non-hydrogen) atoms. The van der Waals surface area contributed by atoms with E-state index in [1.807, 2.05) is 0 Å². The Bertz CT molecular complexity index is 2060. The minimum Gasteiger partial charge on any atom is -0.489 e. The molecule has 0 saturated carbocycles. The number of ether oxygens (including phenoxy) is 1. The van der Waals surface area contributed by atoms with E-state index in [-0.39, 0.29) is 34.7 Å². The van der Waals surface area contributed by atoms with Crippen LogP contribution in [0.2, 0.25) is 0 Å². The first-order chi connectivity index (χ1) is 22.7. The Labute approximate surface area is 270 Å². The van der Waals surface area contributed by atoms with E-state index in [1.54, 1.807) is 31.3 Å². The Hall–Kier alpha value is -5.70. The van der Waals surface area contributed by atoms with Crippen LogP contribution in [0.1, 0.15) is 34.1 Å². The third-order valence-electron chi connectivity index (χ3n) is 8.15. The SMILES string of the molecule is Cc1cnc2c(Nc3cccnn3)cc(C(=O)NCC(O)(c3cc4c(c(-c5ccc(F)cc5)n3)OC[C@]4(C)C(N)=O)C(F)(F)F)cc2c1. The number of nitrogens with zero attached hydrogens (tertiary/aromatic N) is 4. The number of aliphatic hydroxyl groups is 1. The Morgan fingerprint density at radius 1 is 1.10 bits per heavy atom. The molecule has 1 aliphatic heterocycles. The van der Waals surface area contributed by atoms with Gasteiger partial charge < -0.3 is 26.2 Å². The predicted molar refractivity (Wildman–Crippen MR) is 166 cm³/mol. The maximum absolute atomic E-state index is 14.8. The van der Waals surface area contributed by atoms with E-state index < -0.39 is 47.1 Å². The second-order valence-electron chi connectivity index (χ2n) is 11.6. The molecule has 4 heterocycles. The van der Waals surface area contributed by atoms with Crippen LogP contribution in [0.5, 0.6) is 5.75 Å². The highest BCUT2D eigenvalue weighted by atomic mass is 19.4. The predicted octanol–water partition coefficient (Wildman–Crippen LogP) is 4.59. The molecule has 6 rings (SSSR count). The summed E-state index contributed by atoms with van der Waals surface area (Å²) in [6.45, 7) is 1.50. The van der Waals surface area contributed by atoms with E-state index in [0.29, 0.717) is 22.4 Å². The minimum absolute atomic E-state index is 0.0385. The fourth-order valence-electron chi connectivity index (χ4n) is 5.34. The number of alkyl halides is 3. The zero-order valence-electron chi connectivity index (χ0n) is 25.4. The lowest BCUT2D eigenvalue weighted by atomic mass is 9.81. The number of hydrogen-bond acceptors (Lipinski definition) is 9. The number of nitrogens with one attached hydrogen (secondary N) is 2. The number of rotatable bonds is 8. The van der Waals surface area contributed by atoms with Crippen molar-refractivity contribution in [3.63, 3.8) is 0 Å². The van der Waals surface area contributed by atoms with Gasteiger partial charge >= 0.3 is 6.18 Å². The van der Waals surface area contributed by atoms with Crippen molar-refractivity contribution in [2.75, 3.05) is 18.5 Å². The summed E-state index contributed by atoms with van der Waals surface area (Å²) in [4.78, 5) is 34.5. The molecular formula is C33H27F4N7O4. The van der Waals surface area contributed by atoms with Gasteiger partial charge in [0, 0.05) is 34.5 Å². The second kappa shape index (κ2) is 11.8. The number of amides is 2. The molecule has 0 aliphatic carbocycles. The molecule has 2 aromatic carbocycles. The summed E-state index contributed by atoms with van der Waals surface area (Å²) in [5.74, 6) is -2.16. The van der Waals surface area contributed by atoms with Gasteiger partial charge in [-0.1, -0.05) is 0 Å². The van der Waals surface area contributed by atoms with E-state index in [1.165, 1.54) is 37.4 Å². The molecule has 246 valence electrons. The fraction of sp³-hybridized carbons (Fsp3) is 0.212. The molecule has 0 fully saturated rings. The van der Waals surface area contributed by atoms with Gasteiger partial charge in [-0.2, -0.15) is 18.3 Å². The Balaban J connectivity index is 1.41. The molecule has 2 atom stereocenters. The average Bonchev–Trinajstić information content (AvgIpc) is 3.40. The van der Waals surface area contributed by atoms with Crippen LogP contribution in [-0.4, -0.2) is 56.4 Å². The number of primary amides is 1. The Morgan fingerprint density at radius 2 is 1.85 bits per heavy atom. The maximum atomic E-state index is 14.8. The first-order valence-electron chi connectivity index (χ1n) is 14.5. The van der Waals surface area contributed by atoms with Crippen molar-refractivity contribution in [2.45, 2.75) is 31.0 Å². The summed E-state index contributed by atoms with van der Waals surface area (Å²) in [5.41, 5.74) is 0.783. The third kappa shape index (κ3) is 5.72. The molecule has 15 heteroatoms. The number of anilines is 2. The molecule has 5 N–H and O–H groups in total. The summed E-state index contributed by atoms with van der Waals surface area (Å²) in [5, 5.41) is 24.9. The summed E-state index contributed by atoms with van der Waals surface area (Å²) < 4.78 is 64.0. The van der Waals surface area contributed by atoms with Crippen LogP contribution >= 0.6 is 0 Å². The molecule has 0 saturated heterocycles. The lowest BCUT2D eigenvalue weighted by Crippen LogP contribution is -2.51. The van der Waals surface area contributed by atoms with Crippen LogP contribution in [0.3, 0.4) is 0 Å². The van der Waals surface area contributed by atoms with Crippen molar-refractivity contribution in [3.8, 4) is 17.0 Å². The monoisotopic (exact) mass is 661 g/mol. The van der Waals surface area contributed by atoms with Crippen LogP contribution in [-0.2, 0) is 15.8 Å². The molecular weight excluding hydrogens is 634 g/mol. The smallest absolute Gasteiger partial charge is 0.424 e. The zero-order chi connectivity index (χ0) is 34.4. The number of pyridine rings is 2. The Morgan fingerprint density at radius 3 is 2.52 bits per heavy atom. The highest BCUT2D eigenvalue weighted by molar-refractivity contribution is 6.03. The molecule has 1 unspecified atom stereocenters. The van der Waals surface area contributed by atoms with E-state index in [2.05, 4.69) is 30.8 Å². The summed E-state index contributed by atoms with van der Waals surface area (Å²) in [7, 11) is 0. The lowest BCUT2D eigenvalue weighted by Gasteiger charge is -2.31. The molecule has 11 nitrogen and oxygen atoms in total. The number of aromatic nitrogens is 4. The van der Waals surface area contributed by atoms with Gasteiger partial charge in [-0.15, -0.1) is 5.10 Å². The van der Waals surface area contributed by atoms with Gasteiger partial charge in [0.25, 0.3) is 5.91 Å². The van der Waals surface area contributed by atoms with Crippen molar-refractivity contribution in [1.29, 1.82) is 0 Å². The van der Waals surface area contributed by atoms with Crippen LogP contribution < -0.4 is 21.1 Å². The van der Waals surface area contributed by atoms with E-state index in [0.717, 1.165) is 23.8 Å². The van der Waals surface area contributed by atoms with Gasteiger partial charge in [-0.3, -0.25) is 14.6 Å². The number of benzene rings is 2. The van der Waals surface area contributed by atoms with Gasteiger partial charge in [-0.05, 0) is 80.1 Å². The van der Waals surface area contributed by atoms with Gasteiger partial charge in [0.05, 0.1) is 23.4 Å². The first kappa shape index (κ1) is 32.2. The molecule has 5 aromatic rings. The van der Waals surface area contributed by atoms with Gasteiger partial charge in [0.15, 0.2) is 5.82 Å². The summed E-state index contributed by atoms with van der Waals surface area (Å²) >= 11 is 0. The van der Waals surface area contributed by atoms with Crippen LogP contribution in [0, 0.1) is 12.7 Å². The zero-order valence-corrected chi connectivity index (χ0v) is 25.4. The quantitative estimate of drug-likeness (QED) is 0.174. The van der Waals surface area contributed by atoms with Crippen molar-refractivity contribution in [1.82, 2.24) is 25.5 Å². The minimum atomic E-state index is -5.38. The van der Waals surface area contributed by atoms with E-state index in [9.17, 15) is 32.3 Å². The lowest BCUT2D eigenvalue weighted by molar-refractivity contribution is -0.265. The number of carbonyl (C=O) groups excluding carboxylic acids is 2. The second-order valence-corrected chi connectivity index (χ2v) is 11.6. The fourth-order valence-corrected chi connectivity index (χ4v) is 5.34. The highest BCUT2D eigenvalue weighted by Crippen LogP contribution is 2.47. The van der Waals surface area contributed by atoms with E-state index in [4.69, 9.17) is 10.5 Å². The number of hydrogen-bond donors (Lipinski definition) is 4. The van der Waals surface area contributed by atoms with Gasteiger partial charge in [0.2, 0.25) is 11.5 Å². The number of fused-ring (bicyclic) bond motifs is 2. The van der Waals surface area contributed by atoms with E-state index >= 15 is 0 Å². The molecule has 1 aliphatic rings. The molecule has 3 aromatic heterocycles. The molecule has 0 spiro atoms. The normalized spacial score (nSPS) is 16.9. The van der Waals surface area contributed by atoms with Crippen LogP contribution in [0.15, 0.2) is 73.1 Å². The maximum Gasteiger partial charge on any atom is 0.424 e. The van der Waals surface area contributed by atoms with Crippen LogP contribution in [0.4, 0.5) is 29.1 Å². The average molecular weight is 662 g/mol. The number of aryl methyl sites for hydroxylation is 1. The van der Waals surface area contributed by atoms with Crippen molar-refractivity contribution in [2.24, 2.45) is 5.73 Å². The topological polar surface area (TPSA) is 165 Å². The summed E-state index contributed by atoms with van der Waals surface area (Å²) in [6, 6.07) is 13.4. The van der Waals surface area contributed by atoms with Gasteiger partial charge in [-0.25, -0.2) is 9.37 Å². The van der Waals surface area contributed by atoms with Crippen molar-refractivity contribution >= 4 is 34.2 Å². The number of halogens is 4. The molecule has 2 amide bonds. The van der Waals surface area contributed by atoms with Crippen molar-refractivity contribution < 1.29 is 37.0 Å². The summed E-state index contributed by atoms with van der Waals surface area (Å²) in [6.07, 6.45) is -2.30. The van der Waals surface area contributed by atoms with Crippen molar-refractivity contribution in [3.05, 3.63) is 101 Å². The molecule has 0 bridgehead atoms. The number of nitrogens with two attached hydrogens (primary N) is 1. The van der Waals surface area contributed by atoms with Crippen LogP contribution in [0.25, 0.3) is 22.2 Å². The highest BCUT2D eigenvalue weighted by Gasteiger charge is 2.57. The first-order valence-corrected chi connectivity index (χ1v) is 14.5. The largest absolute Gasteiger partial charge is 0.489 e. The number of carbonyl (C=O) groups is 2. The van der Waals surface area contributed by atoms with Gasteiger partial charge in [0.1, 0.15) is 29.3 Å². The standard InChI is InChI=1S/C33H27F4N7O4/c1-17-10-19-11-20(12-23(26(19)39-14-17)42-25-4-3-9-41-44-25)29(45)40-15-32(47,33(35,36)37)24-13-22-28(48-16-31(22,2)30(38)46)27(43-24)18-5-7-21(34)8-6-18/h3-14,47H,15-16H2,1-2H3,(H2,38,46)(H,40,45)(H,42,44)/t31-,32?/m0/s1. The molecule has 0 radical (unpaired) electrons. The third-order valence-corrected chi connectivity index (χ3v) is 8.15.